The Morgan fingerprint density at radius 1 is 1.38 bits per heavy atom. The molecule has 0 aliphatic carbocycles. The third kappa shape index (κ3) is 1.62. The Kier molecular flexibility index (Phi) is 2.83. The molecule has 13 heavy (non-hydrogen) atoms. The highest BCUT2D eigenvalue weighted by Crippen LogP contribution is 2.42. The molecule has 0 amide bonds. The van der Waals surface area contributed by atoms with E-state index in [-0.39, 0.29) is 16.5 Å². The number of rotatable bonds is 2. The van der Waals surface area contributed by atoms with Gasteiger partial charge in [-0.25, -0.2) is 4.39 Å². The Balaban J connectivity index is 3.39. The molecule has 0 radical (unpaired) electrons. The van der Waals surface area contributed by atoms with Crippen molar-refractivity contribution in [3.63, 3.8) is 0 Å². The second kappa shape index (κ2) is 3.70. The van der Waals surface area contributed by atoms with Crippen molar-refractivity contribution in [3.05, 3.63) is 16.9 Å². The van der Waals surface area contributed by atoms with Crippen LogP contribution in [0.25, 0.3) is 0 Å². The Morgan fingerprint density at radius 3 is 2.46 bits per heavy atom. The monoisotopic (exact) mass is 206 g/mol. The van der Waals surface area contributed by atoms with Crippen LogP contribution in [0.5, 0.6) is 17.2 Å². The first-order valence-electron chi connectivity index (χ1n) is 3.40. The molecule has 3 nitrogen and oxygen atoms in total. The van der Waals surface area contributed by atoms with Gasteiger partial charge in [0.05, 0.1) is 14.2 Å². The number of phenolic OH excluding ortho intramolecular Hbond substituents is 1. The molecule has 0 aliphatic rings. The molecule has 0 saturated heterocycles. The lowest BCUT2D eigenvalue weighted by Crippen LogP contribution is -1.93. The molecular formula is C8H8ClFO3. The van der Waals surface area contributed by atoms with Crippen molar-refractivity contribution < 1.29 is 19.0 Å². The zero-order chi connectivity index (χ0) is 10.0. The van der Waals surface area contributed by atoms with Gasteiger partial charge in [0.1, 0.15) is 10.8 Å². The van der Waals surface area contributed by atoms with Crippen molar-refractivity contribution in [1.29, 1.82) is 0 Å². The quantitative estimate of drug-likeness (QED) is 0.806. The largest absolute Gasteiger partial charge is 0.503 e. The van der Waals surface area contributed by atoms with E-state index < -0.39 is 11.6 Å². The lowest BCUT2D eigenvalue weighted by molar-refractivity contribution is 0.330. The van der Waals surface area contributed by atoms with E-state index in [0.29, 0.717) is 0 Å². The average Bonchev–Trinajstić information content (AvgIpc) is 2.13. The molecule has 72 valence electrons. The molecule has 0 bridgehead atoms. The van der Waals surface area contributed by atoms with Gasteiger partial charge in [-0.1, -0.05) is 11.6 Å². The molecule has 0 aromatic heterocycles. The van der Waals surface area contributed by atoms with Crippen LogP contribution in [0.4, 0.5) is 4.39 Å². The lowest BCUT2D eigenvalue weighted by atomic mass is 10.3. The van der Waals surface area contributed by atoms with Gasteiger partial charge in [-0.2, -0.15) is 0 Å². The van der Waals surface area contributed by atoms with E-state index in [0.717, 1.165) is 6.07 Å². The summed E-state index contributed by atoms with van der Waals surface area (Å²) in [5, 5.41) is 8.94. The molecule has 0 spiro atoms. The smallest absolute Gasteiger partial charge is 0.204 e. The van der Waals surface area contributed by atoms with E-state index in [1.807, 2.05) is 0 Å². The van der Waals surface area contributed by atoms with Gasteiger partial charge in [0.2, 0.25) is 5.75 Å². The number of phenols is 1. The van der Waals surface area contributed by atoms with Crippen molar-refractivity contribution in [2.75, 3.05) is 14.2 Å². The van der Waals surface area contributed by atoms with Crippen LogP contribution < -0.4 is 9.47 Å². The maximum absolute atomic E-state index is 12.9. The molecule has 1 N–H and O–H groups in total. The molecule has 5 heteroatoms. The van der Waals surface area contributed by atoms with Crippen LogP contribution >= 0.6 is 11.6 Å². The van der Waals surface area contributed by atoms with Gasteiger partial charge in [-0.05, 0) is 0 Å². The fourth-order valence-corrected chi connectivity index (χ4v) is 1.06. The highest BCUT2D eigenvalue weighted by Gasteiger charge is 2.17. The molecule has 1 aromatic rings. The second-order valence-corrected chi connectivity index (χ2v) is 2.63. The van der Waals surface area contributed by atoms with Crippen LogP contribution in [0.3, 0.4) is 0 Å². The van der Waals surface area contributed by atoms with Crippen LogP contribution in [0.15, 0.2) is 6.07 Å². The summed E-state index contributed by atoms with van der Waals surface area (Å²) in [5.74, 6) is -1.09. The Morgan fingerprint density at radius 2 is 2.00 bits per heavy atom. The summed E-state index contributed by atoms with van der Waals surface area (Å²) in [6.07, 6.45) is 0. The zero-order valence-electron chi connectivity index (χ0n) is 7.10. The van der Waals surface area contributed by atoms with Crippen molar-refractivity contribution >= 4 is 11.6 Å². The fraction of sp³-hybridized carbons (Fsp3) is 0.250. The van der Waals surface area contributed by atoms with Crippen LogP contribution in [0, 0.1) is 5.82 Å². The molecule has 0 saturated carbocycles. The number of hydrogen-bond acceptors (Lipinski definition) is 3. The third-order valence-electron chi connectivity index (χ3n) is 1.54. The highest BCUT2D eigenvalue weighted by atomic mass is 35.5. The Labute approximate surface area is 79.7 Å². The summed E-state index contributed by atoms with van der Waals surface area (Å²) in [5.41, 5.74) is 0. The van der Waals surface area contributed by atoms with E-state index >= 15 is 0 Å². The predicted octanol–water partition coefficient (Wildman–Crippen LogP) is 2.20. The van der Waals surface area contributed by atoms with Gasteiger partial charge >= 0.3 is 0 Å². The van der Waals surface area contributed by atoms with Gasteiger partial charge < -0.3 is 14.6 Å². The molecule has 0 heterocycles. The van der Waals surface area contributed by atoms with Crippen LogP contribution in [-0.4, -0.2) is 19.3 Å². The summed E-state index contributed by atoms with van der Waals surface area (Å²) in [4.78, 5) is 0. The molecule has 0 unspecified atom stereocenters. The summed E-state index contributed by atoms with van der Waals surface area (Å²) < 4.78 is 22.5. The van der Waals surface area contributed by atoms with Gasteiger partial charge in [0.25, 0.3) is 0 Å². The molecular weight excluding hydrogens is 199 g/mol. The molecule has 0 fully saturated rings. The molecule has 0 aliphatic heterocycles. The minimum atomic E-state index is -0.753. The fourth-order valence-electron chi connectivity index (χ4n) is 0.922. The molecule has 1 aromatic carbocycles. The van der Waals surface area contributed by atoms with Gasteiger partial charge in [-0.15, -0.1) is 0 Å². The van der Waals surface area contributed by atoms with Crippen LogP contribution in [0.2, 0.25) is 5.02 Å². The topological polar surface area (TPSA) is 38.7 Å². The Hall–Kier alpha value is -1.16. The van der Waals surface area contributed by atoms with E-state index in [9.17, 15) is 9.50 Å². The maximum atomic E-state index is 12.9. The van der Waals surface area contributed by atoms with Crippen molar-refractivity contribution in [2.45, 2.75) is 0 Å². The maximum Gasteiger partial charge on any atom is 0.204 e. The first-order valence-corrected chi connectivity index (χ1v) is 3.78. The molecule has 0 atom stereocenters. The van der Waals surface area contributed by atoms with Crippen molar-refractivity contribution in [1.82, 2.24) is 0 Å². The number of ether oxygens (including phenoxy) is 2. The Bertz CT molecular complexity index is 328. The van der Waals surface area contributed by atoms with E-state index in [1.54, 1.807) is 0 Å². The summed E-state index contributed by atoms with van der Waals surface area (Å²) in [6, 6.07) is 1.04. The standard InChI is InChI=1S/C8H8ClFO3/c1-12-5-3-4(10)6(9)7(11)8(5)13-2/h3,11H,1-2H3. The van der Waals surface area contributed by atoms with Gasteiger partial charge in [0, 0.05) is 6.07 Å². The summed E-state index contributed by atoms with van der Waals surface area (Å²) >= 11 is 5.43. The number of methoxy groups -OCH3 is 2. The summed E-state index contributed by atoms with van der Waals surface area (Å²) in [6.45, 7) is 0. The van der Waals surface area contributed by atoms with Crippen molar-refractivity contribution in [3.8, 4) is 17.2 Å². The third-order valence-corrected chi connectivity index (χ3v) is 1.90. The number of halogens is 2. The SMILES string of the molecule is COc1cc(F)c(Cl)c(O)c1OC. The van der Waals surface area contributed by atoms with Crippen LogP contribution in [0.1, 0.15) is 0 Å². The zero-order valence-corrected chi connectivity index (χ0v) is 7.85. The lowest BCUT2D eigenvalue weighted by Gasteiger charge is -2.10. The minimum absolute atomic E-state index is 0.0221. The van der Waals surface area contributed by atoms with Crippen LogP contribution in [-0.2, 0) is 0 Å². The van der Waals surface area contributed by atoms with E-state index in [1.165, 1.54) is 14.2 Å². The van der Waals surface area contributed by atoms with E-state index in [2.05, 4.69) is 0 Å². The predicted molar refractivity (Wildman–Crippen MR) is 46.2 cm³/mol. The van der Waals surface area contributed by atoms with Crippen molar-refractivity contribution in [2.24, 2.45) is 0 Å². The number of benzene rings is 1. The van der Waals surface area contributed by atoms with Gasteiger partial charge in [-0.3, -0.25) is 0 Å². The normalized spacial score (nSPS) is 9.85. The highest BCUT2D eigenvalue weighted by molar-refractivity contribution is 6.32. The minimum Gasteiger partial charge on any atom is -0.503 e. The molecule has 1 rings (SSSR count). The number of hydrogen-bond donors (Lipinski definition) is 1. The first kappa shape index (κ1) is 9.92. The van der Waals surface area contributed by atoms with E-state index in [4.69, 9.17) is 21.1 Å². The second-order valence-electron chi connectivity index (χ2n) is 2.26. The number of aromatic hydroxyl groups is 1. The first-order chi connectivity index (χ1) is 6.11. The average molecular weight is 207 g/mol. The van der Waals surface area contributed by atoms with Gasteiger partial charge in [0.15, 0.2) is 11.5 Å². The summed E-state index contributed by atoms with van der Waals surface area (Å²) in [7, 11) is 2.66.